The molecular weight excluding hydrogens is 312 g/mol. The summed E-state index contributed by atoms with van der Waals surface area (Å²) in [4.78, 5) is 11.0. The van der Waals surface area contributed by atoms with Crippen LogP contribution in [0.2, 0.25) is 0 Å². The summed E-state index contributed by atoms with van der Waals surface area (Å²) in [5.41, 5.74) is 2.01. The van der Waals surface area contributed by atoms with Gasteiger partial charge in [0.2, 0.25) is 0 Å². The minimum Gasteiger partial charge on any atom is -0.469 e. The van der Waals surface area contributed by atoms with Gasteiger partial charge < -0.3 is 9.84 Å². The van der Waals surface area contributed by atoms with Crippen molar-refractivity contribution in [3.05, 3.63) is 53.6 Å². The molecule has 0 bridgehead atoms. The smallest absolute Gasteiger partial charge is 0.305 e. The van der Waals surface area contributed by atoms with E-state index in [1.54, 1.807) is 0 Å². The number of esters is 1. The Kier molecular flexibility index (Phi) is 11.4. The third-order valence-corrected chi connectivity index (χ3v) is 4.09. The van der Waals surface area contributed by atoms with Gasteiger partial charge in [-0.15, -0.1) is 0 Å². The normalized spacial score (nSPS) is 12.8. The number of ether oxygens (including phenoxy) is 1. The number of hydrogen-bond donors (Lipinski definition) is 1. The molecule has 0 saturated carbocycles. The van der Waals surface area contributed by atoms with Crippen LogP contribution in [0.15, 0.2) is 42.5 Å². The van der Waals surface area contributed by atoms with Gasteiger partial charge >= 0.3 is 5.97 Å². The van der Waals surface area contributed by atoms with Crippen molar-refractivity contribution in [1.82, 2.24) is 0 Å². The van der Waals surface area contributed by atoms with Crippen LogP contribution in [0.1, 0.15) is 75.5 Å². The van der Waals surface area contributed by atoms with E-state index in [0.29, 0.717) is 12.8 Å². The quantitative estimate of drug-likeness (QED) is 0.305. The molecular formula is C22H32O3. The Bertz CT molecular complexity index is 546. The average molecular weight is 344 g/mol. The molecule has 0 spiro atoms. The first kappa shape index (κ1) is 21.2. The molecule has 0 heterocycles. The molecule has 0 saturated heterocycles. The second-order valence-electron chi connectivity index (χ2n) is 6.26. The van der Waals surface area contributed by atoms with Crippen LogP contribution in [0.3, 0.4) is 0 Å². The topological polar surface area (TPSA) is 46.5 Å². The highest BCUT2D eigenvalue weighted by atomic mass is 16.5. The number of methoxy groups -OCH3 is 1. The van der Waals surface area contributed by atoms with Gasteiger partial charge in [-0.3, -0.25) is 4.79 Å². The predicted molar refractivity (Wildman–Crippen MR) is 104 cm³/mol. The Labute approximate surface area is 152 Å². The lowest BCUT2D eigenvalue weighted by molar-refractivity contribution is -0.140. The molecule has 1 aromatic rings. The largest absolute Gasteiger partial charge is 0.469 e. The maximum atomic E-state index is 11.0. The van der Waals surface area contributed by atoms with Crippen molar-refractivity contribution in [3.63, 3.8) is 0 Å². The number of carbonyl (C=O) groups excluding carboxylic acids is 1. The lowest BCUT2D eigenvalue weighted by Gasteiger charge is -2.09. The summed E-state index contributed by atoms with van der Waals surface area (Å²) in [5.74, 6) is -0.165. The van der Waals surface area contributed by atoms with Crippen LogP contribution in [0.5, 0.6) is 0 Å². The Balaban J connectivity index is 2.41. The first-order chi connectivity index (χ1) is 12.2. The molecule has 0 aliphatic carbocycles. The van der Waals surface area contributed by atoms with Crippen molar-refractivity contribution in [2.45, 2.75) is 64.4 Å². The van der Waals surface area contributed by atoms with Crippen LogP contribution in [-0.2, 0) is 9.53 Å². The third kappa shape index (κ3) is 9.88. The maximum Gasteiger partial charge on any atom is 0.305 e. The Hall–Kier alpha value is -1.87. The number of benzene rings is 1. The van der Waals surface area contributed by atoms with Crippen molar-refractivity contribution in [3.8, 4) is 0 Å². The number of aliphatic hydroxyl groups is 1. The summed E-state index contributed by atoms with van der Waals surface area (Å²) in [5, 5.41) is 10.3. The van der Waals surface area contributed by atoms with Gasteiger partial charge in [-0.2, -0.15) is 0 Å². The zero-order valence-corrected chi connectivity index (χ0v) is 15.6. The standard InChI is InChI=1S/C22H32O3/c1-3-4-5-6-7-10-16-21(23)20-15-12-14-19(18-20)13-9-8-11-17-22(24)25-2/h7,9-10,12-15,18,21,23H,3-6,8,11,16-17H2,1-2H3. The molecule has 25 heavy (non-hydrogen) atoms. The van der Waals surface area contributed by atoms with Crippen LogP contribution in [0.4, 0.5) is 0 Å². The molecule has 0 amide bonds. The van der Waals surface area contributed by atoms with Crippen molar-refractivity contribution >= 4 is 12.0 Å². The minimum atomic E-state index is -0.463. The van der Waals surface area contributed by atoms with Gasteiger partial charge in [-0.1, -0.05) is 62.3 Å². The predicted octanol–water partition coefficient (Wildman–Crippen LogP) is 5.60. The molecule has 0 aromatic heterocycles. The van der Waals surface area contributed by atoms with Crippen molar-refractivity contribution in [1.29, 1.82) is 0 Å². The fraction of sp³-hybridized carbons (Fsp3) is 0.500. The number of aliphatic hydroxyl groups excluding tert-OH is 1. The SMILES string of the molecule is CCCCCC=CCC(O)c1cccc(C=CCCCC(=O)OC)c1. The summed E-state index contributed by atoms with van der Waals surface area (Å²) in [6.45, 7) is 2.20. The van der Waals surface area contributed by atoms with Gasteiger partial charge in [-0.05, 0) is 49.3 Å². The second-order valence-corrected chi connectivity index (χ2v) is 6.26. The van der Waals surface area contributed by atoms with E-state index in [9.17, 15) is 9.90 Å². The van der Waals surface area contributed by atoms with Crippen molar-refractivity contribution < 1.29 is 14.6 Å². The first-order valence-electron chi connectivity index (χ1n) is 9.33. The zero-order valence-electron chi connectivity index (χ0n) is 15.6. The van der Waals surface area contributed by atoms with Crippen LogP contribution in [0.25, 0.3) is 6.08 Å². The van der Waals surface area contributed by atoms with Crippen molar-refractivity contribution in [2.24, 2.45) is 0 Å². The monoisotopic (exact) mass is 344 g/mol. The molecule has 1 rings (SSSR count). The number of carbonyl (C=O) groups is 1. The molecule has 1 unspecified atom stereocenters. The van der Waals surface area contributed by atoms with Crippen LogP contribution in [0, 0.1) is 0 Å². The van der Waals surface area contributed by atoms with Crippen LogP contribution >= 0.6 is 0 Å². The second kappa shape index (κ2) is 13.4. The summed E-state index contributed by atoms with van der Waals surface area (Å²) < 4.78 is 4.62. The molecule has 3 heteroatoms. The minimum absolute atomic E-state index is 0.165. The number of hydrogen-bond acceptors (Lipinski definition) is 3. The van der Waals surface area contributed by atoms with Crippen LogP contribution in [-0.4, -0.2) is 18.2 Å². The van der Waals surface area contributed by atoms with Crippen LogP contribution < -0.4 is 0 Å². The van der Waals surface area contributed by atoms with E-state index in [-0.39, 0.29) is 5.97 Å². The molecule has 1 aromatic carbocycles. The van der Waals surface area contributed by atoms with Gasteiger partial charge in [0.25, 0.3) is 0 Å². The van der Waals surface area contributed by atoms with Gasteiger partial charge in [0.1, 0.15) is 0 Å². The highest BCUT2D eigenvalue weighted by Gasteiger charge is 2.05. The van der Waals surface area contributed by atoms with E-state index in [0.717, 1.165) is 30.4 Å². The average Bonchev–Trinajstić information content (AvgIpc) is 2.64. The highest BCUT2D eigenvalue weighted by molar-refractivity contribution is 5.69. The summed E-state index contributed by atoms with van der Waals surface area (Å²) in [7, 11) is 1.41. The molecule has 0 fully saturated rings. The Morgan fingerprint density at radius 3 is 2.72 bits per heavy atom. The van der Waals surface area contributed by atoms with Crippen molar-refractivity contribution in [2.75, 3.05) is 7.11 Å². The maximum absolute atomic E-state index is 11.0. The molecule has 0 radical (unpaired) electrons. The molecule has 3 nitrogen and oxygen atoms in total. The number of allylic oxidation sites excluding steroid dienone is 2. The highest BCUT2D eigenvalue weighted by Crippen LogP contribution is 2.19. The van der Waals surface area contributed by atoms with E-state index in [1.165, 1.54) is 26.4 Å². The van der Waals surface area contributed by atoms with E-state index < -0.39 is 6.10 Å². The lowest BCUT2D eigenvalue weighted by Crippen LogP contribution is -1.98. The summed E-state index contributed by atoms with van der Waals surface area (Å²) in [6.07, 6.45) is 15.4. The third-order valence-electron chi connectivity index (χ3n) is 4.09. The molecule has 138 valence electrons. The van der Waals surface area contributed by atoms with E-state index in [2.05, 4.69) is 29.9 Å². The van der Waals surface area contributed by atoms with Gasteiger partial charge in [0, 0.05) is 6.42 Å². The molecule has 0 aliphatic heterocycles. The van der Waals surface area contributed by atoms with E-state index in [1.807, 2.05) is 30.3 Å². The lowest BCUT2D eigenvalue weighted by atomic mass is 10.0. The molecule has 1 N–H and O–H groups in total. The fourth-order valence-corrected chi connectivity index (χ4v) is 2.55. The number of unbranched alkanes of at least 4 members (excludes halogenated alkanes) is 4. The van der Waals surface area contributed by atoms with E-state index in [4.69, 9.17) is 0 Å². The number of rotatable bonds is 12. The fourth-order valence-electron chi connectivity index (χ4n) is 2.55. The molecule has 1 atom stereocenters. The van der Waals surface area contributed by atoms with Gasteiger partial charge in [-0.25, -0.2) is 0 Å². The van der Waals surface area contributed by atoms with E-state index >= 15 is 0 Å². The summed E-state index contributed by atoms with van der Waals surface area (Å²) in [6, 6.07) is 7.97. The molecule has 0 aliphatic rings. The summed E-state index contributed by atoms with van der Waals surface area (Å²) >= 11 is 0. The Morgan fingerprint density at radius 2 is 1.96 bits per heavy atom. The Morgan fingerprint density at radius 1 is 1.16 bits per heavy atom. The van der Waals surface area contributed by atoms with Gasteiger partial charge in [0.15, 0.2) is 0 Å². The van der Waals surface area contributed by atoms with Gasteiger partial charge in [0.05, 0.1) is 13.2 Å². The zero-order chi connectivity index (χ0) is 18.3. The first-order valence-corrected chi connectivity index (χ1v) is 9.33.